The van der Waals surface area contributed by atoms with Gasteiger partial charge >= 0.3 is 0 Å². The Labute approximate surface area is 130 Å². The number of likely N-dealkylation sites (tertiary alicyclic amines) is 1. The van der Waals surface area contributed by atoms with Crippen molar-refractivity contribution in [3.05, 3.63) is 71.0 Å². The van der Waals surface area contributed by atoms with Gasteiger partial charge in [0.1, 0.15) is 5.82 Å². The monoisotopic (exact) mass is 297 g/mol. The SMILES string of the molecule is Cc1ccccc1[C@H]1CCCN1C(=O)Cc1ccc(F)cc1. The Morgan fingerprint density at radius 1 is 1.18 bits per heavy atom. The number of rotatable bonds is 3. The van der Waals surface area contributed by atoms with Crippen LogP contribution in [0.4, 0.5) is 4.39 Å². The molecule has 2 nitrogen and oxygen atoms in total. The Morgan fingerprint density at radius 3 is 2.64 bits per heavy atom. The average Bonchev–Trinajstić information content (AvgIpc) is 2.99. The van der Waals surface area contributed by atoms with Crippen LogP contribution in [0.25, 0.3) is 0 Å². The number of carbonyl (C=O) groups is 1. The van der Waals surface area contributed by atoms with E-state index in [9.17, 15) is 9.18 Å². The predicted molar refractivity (Wildman–Crippen MR) is 85.0 cm³/mol. The van der Waals surface area contributed by atoms with Gasteiger partial charge in [0.2, 0.25) is 5.91 Å². The molecule has 0 unspecified atom stereocenters. The first-order valence-corrected chi connectivity index (χ1v) is 7.74. The van der Waals surface area contributed by atoms with Crippen LogP contribution in [-0.4, -0.2) is 17.4 Å². The van der Waals surface area contributed by atoms with E-state index in [-0.39, 0.29) is 17.8 Å². The lowest BCUT2D eigenvalue weighted by atomic mass is 9.99. The van der Waals surface area contributed by atoms with Gasteiger partial charge in [0.25, 0.3) is 0 Å². The molecule has 1 aliphatic rings. The number of hydrogen-bond acceptors (Lipinski definition) is 1. The van der Waals surface area contributed by atoms with Gasteiger partial charge in [0.15, 0.2) is 0 Å². The molecule has 1 amide bonds. The van der Waals surface area contributed by atoms with Gasteiger partial charge in [-0.05, 0) is 48.6 Å². The molecule has 0 radical (unpaired) electrons. The second kappa shape index (κ2) is 6.30. The summed E-state index contributed by atoms with van der Waals surface area (Å²) in [4.78, 5) is 14.6. The van der Waals surface area contributed by atoms with Gasteiger partial charge in [-0.3, -0.25) is 4.79 Å². The van der Waals surface area contributed by atoms with E-state index in [1.165, 1.54) is 23.3 Å². The summed E-state index contributed by atoms with van der Waals surface area (Å²) in [6, 6.07) is 14.6. The summed E-state index contributed by atoms with van der Waals surface area (Å²) in [7, 11) is 0. The highest BCUT2D eigenvalue weighted by atomic mass is 19.1. The van der Waals surface area contributed by atoms with E-state index in [1.54, 1.807) is 12.1 Å². The highest BCUT2D eigenvalue weighted by molar-refractivity contribution is 5.79. The molecule has 1 saturated heterocycles. The van der Waals surface area contributed by atoms with Crippen molar-refractivity contribution in [2.24, 2.45) is 0 Å². The van der Waals surface area contributed by atoms with Crippen LogP contribution in [-0.2, 0) is 11.2 Å². The smallest absolute Gasteiger partial charge is 0.227 e. The van der Waals surface area contributed by atoms with Crippen molar-refractivity contribution in [1.29, 1.82) is 0 Å². The molecule has 1 heterocycles. The number of nitrogens with zero attached hydrogens (tertiary/aromatic N) is 1. The van der Waals surface area contributed by atoms with Crippen molar-refractivity contribution in [2.45, 2.75) is 32.2 Å². The summed E-state index contributed by atoms with van der Waals surface area (Å²) >= 11 is 0. The van der Waals surface area contributed by atoms with E-state index in [0.717, 1.165) is 24.9 Å². The Kier molecular flexibility index (Phi) is 4.23. The van der Waals surface area contributed by atoms with Crippen molar-refractivity contribution in [2.75, 3.05) is 6.54 Å². The van der Waals surface area contributed by atoms with Gasteiger partial charge in [-0.2, -0.15) is 0 Å². The molecule has 1 atom stereocenters. The second-order valence-electron chi connectivity index (χ2n) is 5.90. The van der Waals surface area contributed by atoms with Gasteiger partial charge in [-0.25, -0.2) is 4.39 Å². The molecule has 0 aliphatic carbocycles. The molecule has 0 N–H and O–H groups in total. The summed E-state index contributed by atoms with van der Waals surface area (Å²) in [5, 5.41) is 0. The third kappa shape index (κ3) is 3.03. The molecule has 22 heavy (non-hydrogen) atoms. The molecule has 0 spiro atoms. The number of halogens is 1. The minimum atomic E-state index is -0.268. The molecule has 1 aliphatic heterocycles. The first kappa shape index (κ1) is 14.8. The van der Waals surface area contributed by atoms with Crippen LogP contribution in [0.5, 0.6) is 0 Å². The zero-order chi connectivity index (χ0) is 15.5. The zero-order valence-electron chi connectivity index (χ0n) is 12.8. The minimum Gasteiger partial charge on any atom is -0.335 e. The molecule has 2 aromatic carbocycles. The van der Waals surface area contributed by atoms with Gasteiger partial charge in [-0.1, -0.05) is 36.4 Å². The molecule has 3 heteroatoms. The lowest BCUT2D eigenvalue weighted by Crippen LogP contribution is -2.32. The van der Waals surface area contributed by atoms with Gasteiger partial charge in [0, 0.05) is 6.54 Å². The molecule has 2 aromatic rings. The third-order valence-corrected chi connectivity index (χ3v) is 4.39. The highest BCUT2D eigenvalue weighted by Crippen LogP contribution is 2.34. The van der Waals surface area contributed by atoms with Crippen LogP contribution in [0.3, 0.4) is 0 Å². The van der Waals surface area contributed by atoms with Gasteiger partial charge < -0.3 is 4.90 Å². The van der Waals surface area contributed by atoms with Gasteiger partial charge in [-0.15, -0.1) is 0 Å². The molecule has 0 aromatic heterocycles. The fourth-order valence-electron chi connectivity index (χ4n) is 3.23. The first-order chi connectivity index (χ1) is 10.6. The van der Waals surface area contributed by atoms with Crippen LogP contribution < -0.4 is 0 Å². The summed E-state index contributed by atoms with van der Waals surface area (Å²) < 4.78 is 13.0. The second-order valence-corrected chi connectivity index (χ2v) is 5.90. The number of benzene rings is 2. The van der Waals surface area contributed by atoms with E-state index in [0.29, 0.717) is 6.42 Å². The normalized spacial score (nSPS) is 17.7. The van der Waals surface area contributed by atoms with Gasteiger partial charge in [0.05, 0.1) is 12.5 Å². The Hall–Kier alpha value is -2.16. The summed E-state index contributed by atoms with van der Waals surface area (Å²) in [6.07, 6.45) is 2.39. The molecule has 114 valence electrons. The average molecular weight is 297 g/mol. The van der Waals surface area contributed by atoms with E-state index >= 15 is 0 Å². The van der Waals surface area contributed by atoms with Crippen molar-refractivity contribution in [1.82, 2.24) is 4.90 Å². The largest absolute Gasteiger partial charge is 0.335 e. The maximum absolute atomic E-state index is 13.0. The Bertz CT molecular complexity index is 665. The van der Waals surface area contributed by atoms with E-state index < -0.39 is 0 Å². The Balaban J connectivity index is 1.76. The minimum absolute atomic E-state index is 0.123. The summed E-state index contributed by atoms with van der Waals surface area (Å²) in [5.41, 5.74) is 3.34. The standard InChI is InChI=1S/C19H20FNO/c1-14-5-2-3-6-17(14)18-7-4-12-21(18)19(22)13-15-8-10-16(20)11-9-15/h2-3,5-6,8-11,18H,4,7,12-13H2,1H3/t18-/m1/s1. The number of aryl methyl sites for hydroxylation is 1. The highest BCUT2D eigenvalue weighted by Gasteiger charge is 2.30. The van der Waals surface area contributed by atoms with Crippen LogP contribution >= 0.6 is 0 Å². The van der Waals surface area contributed by atoms with E-state index in [1.807, 2.05) is 17.0 Å². The first-order valence-electron chi connectivity index (χ1n) is 7.74. The molecule has 3 rings (SSSR count). The molecule has 0 saturated carbocycles. The van der Waals surface area contributed by atoms with Crippen LogP contribution in [0, 0.1) is 12.7 Å². The van der Waals surface area contributed by atoms with Crippen molar-refractivity contribution in [3.63, 3.8) is 0 Å². The molecule has 0 bridgehead atoms. The topological polar surface area (TPSA) is 20.3 Å². The molecular formula is C19H20FNO. The van der Waals surface area contributed by atoms with E-state index in [2.05, 4.69) is 19.1 Å². The van der Waals surface area contributed by atoms with Crippen LogP contribution in [0.15, 0.2) is 48.5 Å². The lowest BCUT2D eigenvalue weighted by Gasteiger charge is -2.26. The number of hydrogen-bond donors (Lipinski definition) is 0. The number of amides is 1. The lowest BCUT2D eigenvalue weighted by molar-refractivity contribution is -0.131. The van der Waals surface area contributed by atoms with Crippen LogP contribution in [0.2, 0.25) is 0 Å². The quantitative estimate of drug-likeness (QED) is 0.837. The summed E-state index contributed by atoms with van der Waals surface area (Å²) in [6.45, 7) is 2.90. The Morgan fingerprint density at radius 2 is 1.91 bits per heavy atom. The predicted octanol–water partition coefficient (Wildman–Crippen LogP) is 4.04. The number of carbonyl (C=O) groups excluding carboxylic acids is 1. The van der Waals surface area contributed by atoms with Crippen molar-refractivity contribution in [3.8, 4) is 0 Å². The van der Waals surface area contributed by atoms with Crippen molar-refractivity contribution < 1.29 is 9.18 Å². The fourth-order valence-corrected chi connectivity index (χ4v) is 3.23. The molecule has 1 fully saturated rings. The zero-order valence-corrected chi connectivity index (χ0v) is 12.8. The maximum Gasteiger partial charge on any atom is 0.227 e. The molecular weight excluding hydrogens is 277 g/mol. The van der Waals surface area contributed by atoms with E-state index in [4.69, 9.17) is 0 Å². The van der Waals surface area contributed by atoms with Crippen LogP contribution in [0.1, 0.15) is 35.6 Å². The maximum atomic E-state index is 13.0. The summed E-state index contributed by atoms with van der Waals surface area (Å²) in [5.74, 6) is -0.146. The third-order valence-electron chi connectivity index (χ3n) is 4.39. The van der Waals surface area contributed by atoms with Crippen molar-refractivity contribution >= 4 is 5.91 Å². The fraction of sp³-hybridized carbons (Fsp3) is 0.316.